The van der Waals surface area contributed by atoms with Gasteiger partial charge in [0.15, 0.2) is 0 Å². The Balaban J connectivity index is 1.80. The van der Waals surface area contributed by atoms with Crippen LogP contribution in [0.25, 0.3) is 11.4 Å². The van der Waals surface area contributed by atoms with Crippen LogP contribution < -0.4 is 5.32 Å². The van der Waals surface area contributed by atoms with Crippen molar-refractivity contribution in [3.05, 3.63) is 36.7 Å². The monoisotopic (exact) mass is 255 g/mol. The highest BCUT2D eigenvalue weighted by Crippen LogP contribution is 2.28. The molecular weight excluding hydrogens is 238 g/mol. The lowest BCUT2D eigenvalue weighted by Gasteiger charge is -2.24. The second kappa shape index (κ2) is 4.88. The molecule has 1 aliphatic rings. The van der Waals surface area contributed by atoms with Gasteiger partial charge in [0.05, 0.1) is 0 Å². The van der Waals surface area contributed by atoms with Crippen molar-refractivity contribution in [1.82, 2.24) is 9.55 Å². The van der Waals surface area contributed by atoms with Gasteiger partial charge in [0, 0.05) is 36.6 Å². The first-order chi connectivity index (χ1) is 9.24. The van der Waals surface area contributed by atoms with Gasteiger partial charge in [0.25, 0.3) is 0 Å². The van der Waals surface area contributed by atoms with Crippen LogP contribution >= 0.6 is 0 Å². The molecule has 3 rings (SSSR count). The maximum absolute atomic E-state index is 11.9. The minimum atomic E-state index is 0.142. The molecule has 1 aromatic carbocycles. The van der Waals surface area contributed by atoms with Gasteiger partial charge in [0.2, 0.25) is 5.91 Å². The van der Waals surface area contributed by atoms with Crippen LogP contribution in [0, 0.1) is 5.92 Å². The predicted molar refractivity (Wildman–Crippen MR) is 74.6 cm³/mol. The van der Waals surface area contributed by atoms with Crippen molar-refractivity contribution in [1.29, 1.82) is 0 Å². The molecule has 0 aliphatic heterocycles. The second-order valence-electron chi connectivity index (χ2n) is 5.06. The first-order valence-electron chi connectivity index (χ1n) is 6.62. The van der Waals surface area contributed by atoms with Crippen LogP contribution in [0.5, 0.6) is 0 Å². The molecule has 4 nitrogen and oxygen atoms in total. The Hall–Kier alpha value is -2.10. The van der Waals surface area contributed by atoms with E-state index in [0.29, 0.717) is 0 Å². The Morgan fingerprint density at radius 3 is 2.89 bits per heavy atom. The number of aromatic nitrogens is 2. The van der Waals surface area contributed by atoms with E-state index in [1.54, 1.807) is 6.20 Å². The van der Waals surface area contributed by atoms with Gasteiger partial charge in [0.1, 0.15) is 5.82 Å². The predicted octanol–water partition coefficient (Wildman–Crippen LogP) is 2.83. The van der Waals surface area contributed by atoms with Crippen LogP contribution in [0.3, 0.4) is 0 Å². The normalized spacial score (nSPS) is 15.0. The molecule has 19 heavy (non-hydrogen) atoms. The van der Waals surface area contributed by atoms with Crippen LogP contribution in [-0.4, -0.2) is 15.5 Å². The zero-order valence-electron chi connectivity index (χ0n) is 11.0. The third-order valence-corrected chi connectivity index (χ3v) is 3.69. The fraction of sp³-hybridized carbons (Fsp3) is 0.333. The number of nitrogens with zero attached hydrogens (tertiary/aromatic N) is 2. The first-order valence-corrected chi connectivity index (χ1v) is 6.62. The van der Waals surface area contributed by atoms with Crippen LogP contribution in [0.4, 0.5) is 5.69 Å². The summed E-state index contributed by atoms with van der Waals surface area (Å²) in [7, 11) is 1.96. The van der Waals surface area contributed by atoms with Crippen LogP contribution in [0.15, 0.2) is 36.7 Å². The molecule has 98 valence electrons. The Kier molecular flexibility index (Phi) is 3.07. The van der Waals surface area contributed by atoms with Gasteiger partial charge < -0.3 is 9.88 Å². The molecule has 1 fully saturated rings. The summed E-state index contributed by atoms with van der Waals surface area (Å²) in [5.41, 5.74) is 1.86. The molecule has 0 bridgehead atoms. The minimum absolute atomic E-state index is 0.142. The highest BCUT2D eigenvalue weighted by Gasteiger charge is 2.25. The average molecular weight is 255 g/mol. The molecule has 1 amide bonds. The molecule has 1 saturated carbocycles. The number of carbonyl (C=O) groups is 1. The summed E-state index contributed by atoms with van der Waals surface area (Å²) in [5, 5.41) is 2.99. The number of imidazole rings is 1. The minimum Gasteiger partial charge on any atom is -0.334 e. The van der Waals surface area contributed by atoms with Crippen LogP contribution in [0.1, 0.15) is 19.3 Å². The zero-order chi connectivity index (χ0) is 13.2. The summed E-state index contributed by atoms with van der Waals surface area (Å²) in [6.45, 7) is 0. The average Bonchev–Trinajstić information content (AvgIpc) is 2.73. The fourth-order valence-electron chi connectivity index (χ4n) is 2.29. The largest absolute Gasteiger partial charge is 0.334 e. The summed E-state index contributed by atoms with van der Waals surface area (Å²) in [5.74, 6) is 1.25. The first kappa shape index (κ1) is 12.0. The summed E-state index contributed by atoms with van der Waals surface area (Å²) in [6.07, 6.45) is 6.89. The van der Waals surface area contributed by atoms with E-state index in [-0.39, 0.29) is 11.8 Å². The molecule has 1 aromatic heterocycles. The number of amides is 1. The molecule has 1 N–H and O–H groups in total. The van der Waals surface area contributed by atoms with Gasteiger partial charge in [-0.25, -0.2) is 4.98 Å². The van der Waals surface area contributed by atoms with E-state index < -0.39 is 0 Å². The van der Waals surface area contributed by atoms with Gasteiger partial charge in [-0.05, 0) is 25.0 Å². The van der Waals surface area contributed by atoms with Crippen molar-refractivity contribution in [2.24, 2.45) is 13.0 Å². The summed E-state index contributed by atoms with van der Waals surface area (Å²) < 4.78 is 1.97. The van der Waals surface area contributed by atoms with Crippen molar-refractivity contribution in [3.63, 3.8) is 0 Å². The van der Waals surface area contributed by atoms with Crippen molar-refractivity contribution in [2.75, 3.05) is 5.32 Å². The number of hydrogen-bond acceptors (Lipinski definition) is 2. The molecule has 1 aliphatic carbocycles. The lowest BCUT2D eigenvalue weighted by Crippen LogP contribution is -2.27. The van der Waals surface area contributed by atoms with E-state index in [2.05, 4.69) is 10.3 Å². The maximum atomic E-state index is 11.9. The molecular formula is C15H17N3O. The van der Waals surface area contributed by atoms with Crippen molar-refractivity contribution in [2.45, 2.75) is 19.3 Å². The molecule has 0 unspecified atom stereocenters. The van der Waals surface area contributed by atoms with Crippen molar-refractivity contribution in [3.8, 4) is 11.4 Å². The number of carbonyl (C=O) groups excluding carboxylic acids is 1. The summed E-state index contributed by atoms with van der Waals surface area (Å²) >= 11 is 0. The Bertz CT molecular complexity index is 599. The highest BCUT2D eigenvalue weighted by molar-refractivity contribution is 5.93. The summed E-state index contributed by atoms with van der Waals surface area (Å²) in [4.78, 5) is 16.2. The van der Waals surface area contributed by atoms with E-state index in [9.17, 15) is 4.79 Å². The number of nitrogens with one attached hydrogen (secondary N) is 1. The lowest BCUT2D eigenvalue weighted by atomic mass is 9.85. The molecule has 0 saturated heterocycles. The van der Waals surface area contributed by atoms with Crippen LogP contribution in [0.2, 0.25) is 0 Å². The Morgan fingerprint density at radius 2 is 2.26 bits per heavy atom. The number of aryl methyl sites for hydroxylation is 1. The van der Waals surface area contributed by atoms with Crippen LogP contribution in [-0.2, 0) is 11.8 Å². The Morgan fingerprint density at radius 1 is 1.42 bits per heavy atom. The fourth-order valence-corrected chi connectivity index (χ4v) is 2.29. The third kappa shape index (κ3) is 2.38. The number of rotatable bonds is 3. The topological polar surface area (TPSA) is 46.9 Å². The quantitative estimate of drug-likeness (QED) is 0.916. The summed E-state index contributed by atoms with van der Waals surface area (Å²) in [6, 6.07) is 7.84. The SMILES string of the molecule is Cn1ccnc1-c1cccc(NC(=O)C2CCC2)c1. The van der Waals surface area contributed by atoms with E-state index >= 15 is 0 Å². The highest BCUT2D eigenvalue weighted by atomic mass is 16.1. The molecule has 4 heteroatoms. The third-order valence-electron chi connectivity index (χ3n) is 3.69. The Labute approximate surface area is 112 Å². The van der Waals surface area contributed by atoms with Gasteiger partial charge >= 0.3 is 0 Å². The molecule has 0 spiro atoms. The van der Waals surface area contributed by atoms with Crippen molar-refractivity contribution >= 4 is 11.6 Å². The number of anilines is 1. The number of benzene rings is 1. The van der Waals surface area contributed by atoms with Gasteiger partial charge in [-0.1, -0.05) is 18.6 Å². The zero-order valence-corrected chi connectivity index (χ0v) is 11.0. The molecule has 0 atom stereocenters. The van der Waals surface area contributed by atoms with Gasteiger partial charge in [-0.15, -0.1) is 0 Å². The lowest BCUT2D eigenvalue weighted by molar-refractivity contribution is -0.122. The van der Waals surface area contributed by atoms with Gasteiger partial charge in [-0.3, -0.25) is 4.79 Å². The van der Waals surface area contributed by atoms with E-state index in [0.717, 1.165) is 29.9 Å². The molecule has 0 radical (unpaired) electrons. The van der Waals surface area contributed by atoms with E-state index in [1.165, 1.54) is 6.42 Å². The van der Waals surface area contributed by atoms with E-state index in [4.69, 9.17) is 0 Å². The standard InChI is InChI=1S/C15H17N3O/c1-18-9-8-16-14(18)12-6-3-7-13(10-12)17-15(19)11-4-2-5-11/h3,6-11H,2,4-5H2,1H3,(H,17,19). The maximum Gasteiger partial charge on any atom is 0.227 e. The smallest absolute Gasteiger partial charge is 0.227 e. The second-order valence-corrected chi connectivity index (χ2v) is 5.06. The van der Waals surface area contributed by atoms with E-state index in [1.807, 2.05) is 42.1 Å². The molecule has 1 heterocycles. The number of hydrogen-bond donors (Lipinski definition) is 1. The van der Waals surface area contributed by atoms with Gasteiger partial charge in [-0.2, -0.15) is 0 Å². The molecule has 2 aromatic rings. The van der Waals surface area contributed by atoms with Crippen molar-refractivity contribution < 1.29 is 4.79 Å².